The summed E-state index contributed by atoms with van der Waals surface area (Å²) >= 11 is 0. The molecule has 2 aromatic heterocycles. The fourth-order valence-electron chi connectivity index (χ4n) is 2.90. The second-order valence-corrected chi connectivity index (χ2v) is 6.17. The Balaban J connectivity index is 1.52. The van der Waals surface area contributed by atoms with E-state index in [2.05, 4.69) is 25.2 Å². The van der Waals surface area contributed by atoms with Crippen LogP contribution in [0.4, 0.5) is 11.6 Å². The van der Waals surface area contributed by atoms with Crippen LogP contribution in [0.5, 0.6) is 0 Å². The van der Waals surface area contributed by atoms with E-state index in [9.17, 15) is 0 Å². The van der Waals surface area contributed by atoms with E-state index in [1.165, 1.54) is 12.8 Å². The Hall–Kier alpha value is -2.05. The van der Waals surface area contributed by atoms with Crippen molar-refractivity contribution in [3.8, 4) is 0 Å². The quantitative estimate of drug-likeness (QED) is 0.915. The molecule has 1 aliphatic heterocycles. The van der Waals surface area contributed by atoms with Gasteiger partial charge in [-0.25, -0.2) is 15.0 Å². The summed E-state index contributed by atoms with van der Waals surface area (Å²) < 4.78 is 5.67. The van der Waals surface area contributed by atoms with Gasteiger partial charge in [0.2, 0.25) is 0 Å². The first-order valence-electron chi connectivity index (χ1n) is 8.21. The van der Waals surface area contributed by atoms with Crippen LogP contribution in [0.25, 0.3) is 0 Å². The van der Waals surface area contributed by atoms with Gasteiger partial charge in [0.1, 0.15) is 17.5 Å². The lowest BCUT2D eigenvalue weighted by Crippen LogP contribution is -2.41. The fraction of sp³-hybridized carbons (Fsp3) is 0.471. The van der Waals surface area contributed by atoms with Crippen molar-refractivity contribution < 1.29 is 4.74 Å². The first kappa shape index (κ1) is 14.5. The summed E-state index contributed by atoms with van der Waals surface area (Å²) in [6.45, 7) is 3.56. The van der Waals surface area contributed by atoms with E-state index >= 15 is 0 Å². The summed E-state index contributed by atoms with van der Waals surface area (Å²) in [7, 11) is 0. The van der Waals surface area contributed by atoms with E-state index in [-0.39, 0.29) is 6.04 Å². The minimum atomic E-state index is 0.148. The zero-order valence-corrected chi connectivity index (χ0v) is 13.1. The average Bonchev–Trinajstić information content (AvgIpc) is 3.41. The minimum Gasteiger partial charge on any atom is -0.378 e. The molecular formula is C17H21N5O. The Morgan fingerprint density at radius 1 is 1.13 bits per heavy atom. The molecule has 0 radical (unpaired) electrons. The van der Waals surface area contributed by atoms with E-state index in [4.69, 9.17) is 4.74 Å². The highest BCUT2D eigenvalue weighted by Crippen LogP contribution is 2.33. The molecule has 0 spiro atoms. The van der Waals surface area contributed by atoms with Crippen LogP contribution in [0.2, 0.25) is 0 Å². The molecule has 1 N–H and O–H groups in total. The van der Waals surface area contributed by atoms with Crippen molar-refractivity contribution in [1.82, 2.24) is 19.9 Å². The van der Waals surface area contributed by atoms with Crippen LogP contribution >= 0.6 is 0 Å². The predicted octanol–water partition coefficient (Wildman–Crippen LogP) is 2.40. The lowest BCUT2D eigenvalue weighted by molar-refractivity contribution is -0.0137. The Morgan fingerprint density at radius 3 is 2.91 bits per heavy atom. The van der Waals surface area contributed by atoms with Crippen LogP contribution in [-0.2, 0) is 4.74 Å². The van der Waals surface area contributed by atoms with Crippen molar-refractivity contribution in [1.29, 1.82) is 0 Å². The van der Waals surface area contributed by atoms with Gasteiger partial charge in [0, 0.05) is 25.5 Å². The maximum atomic E-state index is 5.67. The summed E-state index contributed by atoms with van der Waals surface area (Å²) in [5.41, 5.74) is 0. The number of rotatable bonds is 5. The average molecular weight is 311 g/mol. The van der Waals surface area contributed by atoms with E-state index in [0.717, 1.165) is 43.1 Å². The normalized spacial score (nSPS) is 22.0. The number of nitrogens with one attached hydrogen (secondary N) is 1. The molecule has 1 atom stereocenters. The van der Waals surface area contributed by atoms with Crippen molar-refractivity contribution in [3.05, 3.63) is 42.5 Å². The van der Waals surface area contributed by atoms with Gasteiger partial charge in [-0.2, -0.15) is 0 Å². The Morgan fingerprint density at radius 2 is 2.09 bits per heavy atom. The first-order chi connectivity index (χ1) is 11.4. The Bertz CT molecular complexity index is 646. The van der Waals surface area contributed by atoms with Crippen LogP contribution in [0, 0.1) is 5.92 Å². The number of nitrogens with zero attached hydrogens (tertiary/aromatic N) is 4. The molecule has 1 saturated heterocycles. The number of morpholine rings is 1. The van der Waals surface area contributed by atoms with Gasteiger partial charge in [-0.15, -0.1) is 0 Å². The first-order valence-corrected chi connectivity index (χ1v) is 8.21. The summed E-state index contributed by atoms with van der Waals surface area (Å²) in [5.74, 6) is 3.23. The number of pyridine rings is 1. The highest BCUT2D eigenvalue weighted by Gasteiger charge is 2.32. The smallest absolute Gasteiger partial charge is 0.150 e. The number of hydrogen-bond donors (Lipinski definition) is 1. The van der Waals surface area contributed by atoms with Crippen molar-refractivity contribution >= 4 is 11.6 Å². The van der Waals surface area contributed by atoms with Gasteiger partial charge in [0.15, 0.2) is 0 Å². The highest BCUT2D eigenvalue weighted by molar-refractivity contribution is 5.50. The summed E-state index contributed by atoms with van der Waals surface area (Å²) in [6.07, 6.45) is 6.27. The van der Waals surface area contributed by atoms with Crippen LogP contribution < -0.4 is 5.32 Å². The molecule has 2 aliphatic rings. The largest absolute Gasteiger partial charge is 0.378 e. The molecule has 3 heterocycles. The van der Waals surface area contributed by atoms with Crippen molar-refractivity contribution in [2.24, 2.45) is 5.92 Å². The molecule has 4 rings (SSSR count). The van der Waals surface area contributed by atoms with Crippen molar-refractivity contribution in [2.45, 2.75) is 18.9 Å². The maximum Gasteiger partial charge on any atom is 0.150 e. The zero-order chi connectivity index (χ0) is 15.5. The van der Waals surface area contributed by atoms with Crippen LogP contribution in [0.15, 0.2) is 36.7 Å². The van der Waals surface area contributed by atoms with Gasteiger partial charge in [-0.05, 0) is 37.0 Å². The molecule has 6 heteroatoms. The standard InChI is InChI=1S/C17H21N5O/c1-2-7-18-15(3-1)20-16-6-8-19-17(21-16)14-12-23-10-9-22(14)11-13-4-5-13/h1-3,6-8,13-14H,4-5,9-12H2,(H,18,19,20,21)/t14-/m1/s1. The van der Waals surface area contributed by atoms with Gasteiger partial charge in [-0.3, -0.25) is 4.90 Å². The third-order valence-corrected chi connectivity index (χ3v) is 4.32. The van der Waals surface area contributed by atoms with Crippen LogP contribution in [0.3, 0.4) is 0 Å². The highest BCUT2D eigenvalue weighted by atomic mass is 16.5. The molecule has 2 aromatic rings. The van der Waals surface area contributed by atoms with E-state index < -0.39 is 0 Å². The molecule has 1 saturated carbocycles. The van der Waals surface area contributed by atoms with E-state index in [1.807, 2.05) is 24.3 Å². The van der Waals surface area contributed by atoms with Gasteiger partial charge in [-0.1, -0.05) is 6.07 Å². The lowest BCUT2D eigenvalue weighted by Gasteiger charge is -2.34. The molecule has 0 unspecified atom stereocenters. The number of anilines is 2. The Kier molecular flexibility index (Phi) is 4.17. The maximum absolute atomic E-state index is 5.67. The Labute approximate surface area is 135 Å². The molecule has 23 heavy (non-hydrogen) atoms. The molecule has 120 valence electrons. The summed E-state index contributed by atoms with van der Waals surface area (Å²) in [6, 6.07) is 7.78. The molecule has 0 amide bonds. The molecule has 2 fully saturated rings. The fourth-order valence-corrected chi connectivity index (χ4v) is 2.90. The van der Waals surface area contributed by atoms with Crippen molar-refractivity contribution in [2.75, 3.05) is 31.6 Å². The molecular weight excluding hydrogens is 290 g/mol. The van der Waals surface area contributed by atoms with Crippen molar-refractivity contribution in [3.63, 3.8) is 0 Å². The summed E-state index contributed by atoms with van der Waals surface area (Å²) in [4.78, 5) is 15.9. The second kappa shape index (κ2) is 6.60. The number of hydrogen-bond acceptors (Lipinski definition) is 6. The van der Waals surface area contributed by atoms with Crippen LogP contribution in [0.1, 0.15) is 24.7 Å². The van der Waals surface area contributed by atoms with Gasteiger partial charge in [0.05, 0.1) is 19.3 Å². The second-order valence-electron chi connectivity index (χ2n) is 6.17. The molecule has 0 aromatic carbocycles. The lowest BCUT2D eigenvalue weighted by atomic mass is 10.2. The molecule has 1 aliphatic carbocycles. The molecule has 0 bridgehead atoms. The number of ether oxygens (including phenoxy) is 1. The topological polar surface area (TPSA) is 63.2 Å². The number of aromatic nitrogens is 3. The van der Waals surface area contributed by atoms with E-state index in [0.29, 0.717) is 6.61 Å². The van der Waals surface area contributed by atoms with Crippen LogP contribution in [-0.4, -0.2) is 46.2 Å². The van der Waals surface area contributed by atoms with Gasteiger partial charge < -0.3 is 10.1 Å². The predicted molar refractivity (Wildman–Crippen MR) is 87.4 cm³/mol. The SMILES string of the molecule is c1ccc(Nc2ccnc([C@H]3COCCN3CC3CC3)n2)nc1. The third-order valence-electron chi connectivity index (χ3n) is 4.32. The summed E-state index contributed by atoms with van der Waals surface area (Å²) in [5, 5.41) is 3.23. The minimum absolute atomic E-state index is 0.148. The zero-order valence-electron chi connectivity index (χ0n) is 13.1. The third kappa shape index (κ3) is 3.65. The monoisotopic (exact) mass is 311 g/mol. The van der Waals surface area contributed by atoms with Gasteiger partial charge >= 0.3 is 0 Å². The van der Waals surface area contributed by atoms with E-state index in [1.54, 1.807) is 12.4 Å². The molecule has 6 nitrogen and oxygen atoms in total. The van der Waals surface area contributed by atoms with Gasteiger partial charge in [0.25, 0.3) is 0 Å².